The second-order valence-electron chi connectivity index (χ2n) is 9.11. The van der Waals surface area contributed by atoms with Gasteiger partial charge in [-0.3, -0.25) is 4.79 Å². The van der Waals surface area contributed by atoms with Crippen molar-refractivity contribution in [2.75, 3.05) is 6.54 Å². The summed E-state index contributed by atoms with van der Waals surface area (Å²) in [7, 11) is -3.66. The Kier molecular flexibility index (Phi) is 6.44. The number of hydrogen-bond acceptors (Lipinski definition) is 6. The average molecular weight is 485 g/mol. The van der Waals surface area contributed by atoms with E-state index in [1.54, 1.807) is 18.2 Å². The number of hydrogen-bond donors (Lipinski definition) is 2. The van der Waals surface area contributed by atoms with Crippen molar-refractivity contribution in [3.05, 3.63) is 53.6 Å². The fourth-order valence-corrected chi connectivity index (χ4v) is 7.01. The Morgan fingerprint density at radius 3 is 2.67 bits per heavy atom. The quantitative estimate of drug-likeness (QED) is 0.551. The highest BCUT2D eigenvalue weighted by atomic mass is 32.2. The van der Waals surface area contributed by atoms with E-state index in [4.69, 9.17) is 0 Å². The van der Waals surface area contributed by atoms with Gasteiger partial charge >= 0.3 is 0 Å². The molecule has 0 aliphatic heterocycles. The minimum Gasteiger partial charge on any atom is -0.349 e. The highest BCUT2D eigenvalue weighted by Crippen LogP contribution is 2.33. The molecule has 2 aliphatic carbocycles. The van der Waals surface area contributed by atoms with Gasteiger partial charge in [0.05, 0.1) is 17.8 Å². The van der Waals surface area contributed by atoms with Gasteiger partial charge in [0.2, 0.25) is 15.9 Å². The van der Waals surface area contributed by atoms with Crippen LogP contribution >= 0.6 is 11.7 Å². The maximum Gasteiger partial charge on any atom is 0.242 e. The third kappa shape index (κ3) is 4.81. The third-order valence-corrected chi connectivity index (χ3v) is 9.00. The van der Waals surface area contributed by atoms with Crippen LogP contribution < -0.4 is 10.0 Å². The van der Waals surface area contributed by atoms with Crippen LogP contribution in [0.25, 0.3) is 11.0 Å². The summed E-state index contributed by atoms with van der Waals surface area (Å²) in [4.78, 5) is 13.1. The second kappa shape index (κ2) is 9.48. The Morgan fingerprint density at radius 2 is 1.82 bits per heavy atom. The monoisotopic (exact) mass is 484 g/mol. The maximum absolute atomic E-state index is 12.9. The number of amides is 1. The van der Waals surface area contributed by atoms with Crippen LogP contribution in [0.4, 0.5) is 0 Å². The van der Waals surface area contributed by atoms with Crippen molar-refractivity contribution in [1.82, 2.24) is 18.8 Å². The highest BCUT2D eigenvalue weighted by Gasteiger charge is 2.30. The van der Waals surface area contributed by atoms with E-state index in [1.165, 1.54) is 11.1 Å². The molecule has 0 radical (unpaired) electrons. The smallest absolute Gasteiger partial charge is 0.242 e. The van der Waals surface area contributed by atoms with Crippen LogP contribution in [0.15, 0.2) is 47.4 Å². The zero-order chi connectivity index (χ0) is 22.8. The molecule has 0 unspecified atom stereocenters. The summed E-state index contributed by atoms with van der Waals surface area (Å²) < 4.78 is 36.7. The largest absolute Gasteiger partial charge is 0.349 e. The Balaban J connectivity index is 1.14. The van der Waals surface area contributed by atoms with Crippen LogP contribution in [-0.2, 0) is 21.2 Å². The lowest BCUT2D eigenvalue weighted by atomic mass is 9.81. The molecule has 0 spiro atoms. The van der Waals surface area contributed by atoms with Gasteiger partial charge in [-0.05, 0) is 74.1 Å². The summed E-state index contributed by atoms with van der Waals surface area (Å²) in [6, 6.07) is 13.5. The number of nitrogens with zero attached hydrogens (tertiary/aromatic N) is 2. The van der Waals surface area contributed by atoms with Crippen LogP contribution in [0.1, 0.15) is 55.7 Å². The molecular weight excluding hydrogens is 456 g/mol. The molecule has 0 bridgehead atoms. The first kappa shape index (κ1) is 22.4. The first-order valence-corrected chi connectivity index (χ1v) is 13.8. The van der Waals surface area contributed by atoms with Gasteiger partial charge in [-0.25, -0.2) is 13.1 Å². The lowest BCUT2D eigenvalue weighted by Crippen LogP contribution is -2.38. The Bertz CT molecular complexity index is 1250. The molecule has 3 aromatic rings. The summed E-state index contributed by atoms with van der Waals surface area (Å²) in [5.74, 6) is 0.368. The predicted octanol–water partition coefficient (Wildman–Crippen LogP) is 3.97. The first-order chi connectivity index (χ1) is 16.0. The lowest BCUT2D eigenvalue weighted by molar-refractivity contribution is -0.127. The van der Waals surface area contributed by atoms with Gasteiger partial charge in [0.1, 0.15) is 15.9 Å². The maximum atomic E-state index is 12.9. The zero-order valence-corrected chi connectivity index (χ0v) is 20.0. The molecule has 0 saturated heterocycles. The van der Waals surface area contributed by atoms with Crippen molar-refractivity contribution < 1.29 is 13.2 Å². The van der Waals surface area contributed by atoms with Gasteiger partial charge in [-0.2, -0.15) is 8.75 Å². The number of aromatic nitrogens is 2. The predicted molar refractivity (Wildman–Crippen MR) is 128 cm³/mol. The number of sulfonamides is 1. The van der Waals surface area contributed by atoms with Crippen molar-refractivity contribution in [1.29, 1.82) is 0 Å². The number of rotatable bonds is 6. The summed E-state index contributed by atoms with van der Waals surface area (Å²) in [6.07, 6.45) is 6.42. The standard InChI is InChI=1S/C24H28N4O3S2/c29-24(26-20-8-3-6-17-5-1-2-7-19(17)20)18-13-11-16(12-14-18)15-25-33(30,31)22-10-4-9-21-23(22)28-32-27-21/h1-2,4-5,7,9-10,16,18,20,25H,3,6,8,11-15H2,(H,26,29)/t16?,18?,20-/m0/s1. The molecule has 174 valence electrons. The Hall–Kier alpha value is -2.36. The van der Waals surface area contributed by atoms with Gasteiger partial charge in [0.25, 0.3) is 0 Å². The van der Waals surface area contributed by atoms with Crippen molar-refractivity contribution in [2.45, 2.75) is 55.9 Å². The molecule has 2 aliphatic rings. The highest BCUT2D eigenvalue weighted by molar-refractivity contribution is 7.89. The summed E-state index contributed by atoms with van der Waals surface area (Å²) in [6.45, 7) is 0.376. The van der Waals surface area contributed by atoms with Gasteiger partial charge in [0, 0.05) is 12.5 Å². The molecular formula is C24H28N4O3S2. The van der Waals surface area contributed by atoms with E-state index in [0.29, 0.717) is 17.6 Å². The second-order valence-corrected chi connectivity index (χ2v) is 11.4. The summed E-state index contributed by atoms with van der Waals surface area (Å²) >= 11 is 1.01. The molecule has 1 heterocycles. The van der Waals surface area contributed by atoms with Crippen LogP contribution in [0.3, 0.4) is 0 Å². The topological polar surface area (TPSA) is 101 Å². The fourth-order valence-electron chi connectivity index (χ4n) is 5.13. The Labute approximate surface area is 198 Å². The van der Waals surface area contributed by atoms with E-state index in [9.17, 15) is 13.2 Å². The van der Waals surface area contributed by atoms with E-state index in [0.717, 1.165) is 56.7 Å². The van der Waals surface area contributed by atoms with Crippen molar-refractivity contribution in [3.8, 4) is 0 Å². The van der Waals surface area contributed by atoms with Crippen molar-refractivity contribution in [3.63, 3.8) is 0 Å². The van der Waals surface area contributed by atoms with Crippen molar-refractivity contribution in [2.24, 2.45) is 11.8 Å². The van der Waals surface area contributed by atoms with Gasteiger partial charge in [-0.15, -0.1) is 0 Å². The van der Waals surface area contributed by atoms with E-state index in [1.807, 2.05) is 6.07 Å². The molecule has 33 heavy (non-hydrogen) atoms. The zero-order valence-electron chi connectivity index (χ0n) is 18.4. The number of carbonyl (C=O) groups is 1. The van der Waals surface area contributed by atoms with Crippen LogP contribution in [0.5, 0.6) is 0 Å². The lowest BCUT2D eigenvalue weighted by Gasteiger charge is -2.31. The molecule has 5 rings (SSSR count). The third-order valence-electron chi connectivity index (χ3n) is 7.00. The van der Waals surface area contributed by atoms with E-state index < -0.39 is 10.0 Å². The number of aryl methyl sites for hydroxylation is 1. The molecule has 1 aromatic heterocycles. The molecule has 2 N–H and O–H groups in total. The normalized spacial score (nSPS) is 23.2. The molecule has 9 heteroatoms. The minimum absolute atomic E-state index is 0.00164. The fraction of sp³-hybridized carbons (Fsp3) is 0.458. The van der Waals surface area contributed by atoms with Gasteiger partial charge < -0.3 is 5.32 Å². The summed E-state index contributed by atoms with van der Waals surface area (Å²) in [5, 5.41) is 3.29. The number of benzene rings is 2. The number of fused-ring (bicyclic) bond motifs is 2. The molecule has 2 aromatic carbocycles. The molecule has 7 nitrogen and oxygen atoms in total. The van der Waals surface area contributed by atoms with E-state index in [-0.39, 0.29) is 28.7 Å². The van der Waals surface area contributed by atoms with Crippen LogP contribution in [0, 0.1) is 11.8 Å². The van der Waals surface area contributed by atoms with Crippen LogP contribution in [-0.4, -0.2) is 29.6 Å². The SMILES string of the molecule is O=C(N[C@H]1CCCc2ccccc21)C1CCC(CNS(=O)(=O)c2cccc3nsnc23)CC1. The van der Waals surface area contributed by atoms with Crippen LogP contribution in [0.2, 0.25) is 0 Å². The molecule has 1 fully saturated rings. The number of nitrogens with one attached hydrogen (secondary N) is 2. The first-order valence-electron chi connectivity index (χ1n) is 11.6. The van der Waals surface area contributed by atoms with Gasteiger partial charge in [-0.1, -0.05) is 30.3 Å². The van der Waals surface area contributed by atoms with E-state index in [2.05, 4.69) is 37.0 Å². The molecule has 1 atom stereocenters. The average Bonchev–Trinajstić information content (AvgIpc) is 3.32. The van der Waals surface area contributed by atoms with E-state index >= 15 is 0 Å². The molecule has 1 amide bonds. The summed E-state index contributed by atoms with van der Waals surface area (Å²) in [5.41, 5.74) is 3.61. The molecule has 1 saturated carbocycles. The van der Waals surface area contributed by atoms with Gasteiger partial charge in [0.15, 0.2) is 0 Å². The minimum atomic E-state index is -3.66. The Morgan fingerprint density at radius 1 is 1.00 bits per heavy atom. The van der Waals surface area contributed by atoms with Crippen molar-refractivity contribution >= 4 is 38.7 Å². The number of carbonyl (C=O) groups excluding carboxylic acids is 1.